The maximum Gasteiger partial charge on any atom is 0.207 e. The monoisotopic (exact) mass is 221 g/mol. The molecular weight excluding hydrogens is 210 g/mol. The summed E-state index contributed by atoms with van der Waals surface area (Å²) in [6, 6.07) is 9.77. The van der Waals surface area contributed by atoms with Gasteiger partial charge in [0.25, 0.3) is 0 Å². The molecule has 1 rings (SSSR count). The predicted octanol–water partition coefficient (Wildman–Crippen LogP) is 3.50. The summed E-state index contributed by atoms with van der Waals surface area (Å²) in [6.45, 7) is 7.52. The second-order valence-corrected chi connectivity index (χ2v) is 3.19. The summed E-state index contributed by atoms with van der Waals surface area (Å²) >= 11 is 5.63. The van der Waals surface area contributed by atoms with Crippen LogP contribution in [0.5, 0.6) is 0 Å². The summed E-state index contributed by atoms with van der Waals surface area (Å²) in [6.07, 6.45) is 1.43. The molecule has 0 N–H and O–H groups in total. The van der Waals surface area contributed by atoms with Crippen LogP contribution in [0.2, 0.25) is 0 Å². The normalized spacial score (nSPS) is 10.9. The lowest BCUT2D eigenvalue weighted by atomic mass is 10.2. The Balaban J connectivity index is 2.45. The Hall–Kier alpha value is -1.54. The molecule has 78 valence electrons. The van der Waals surface area contributed by atoms with Crippen molar-refractivity contribution in [3.05, 3.63) is 61.0 Å². The van der Waals surface area contributed by atoms with E-state index in [9.17, 15) is 0 Å². The van der Waals surface area contributed by atoms with Gasteiger partial charge >= 0.3 is 0 Å². The van der Waals surface area contributed by atoms with Gasteiger partial charge in [0, 0.05) is 0 Å². The summed E-state index contributed by atoms with van der Waals surface area (Å²) in [7, 11) is 0. The van der Waals surface area contributed by atoms with E-state index in [-0.39, 0.29) is 11.1 Å². The van der Waals surface area contributed by atoms with Gasteiger partial charge in [-0.1, -0.05) is 48.5 Å². The zero-order chi connectivity index (χ0) is 11.1. The minimum absolute atomic E-state index is 0.271. The highest BCUT2D eigenvalue weighted by Gasteiger charge is 1.95. The van der Waals surface area contributed by atoms with Crippen molar-refractivity contribution >= 4 is 16.8 Å². The van der Waals surface area contributed by atoms with Crippen LogP contribution in [-0.4, -0.2) is 5.17 Å². The number of benzene rings is 1. The highest BCUT2D eigenvalue weighted by molar-refractivity contribution is 6.68. The maximum atomic E-state index is 5.63. The molecule has 0 saturated carbocycles. The molecule has 0 unspecified atom stereocenters. The van der Waals surface area contributed by atoms with Gasteiger partial charge in [-0.05, 0) is 18.2 Å². The lowest BCUT2D eigenvalue weighted by Crippen LogP contribution is -1.92. The van der Waals surface area contributed by atoms with Crippen molar-refractivity contribution in [2.45, 2.75) is 6.61 Å². The van der Waals surface area contributed by atoms with E-state index in [1.54, 1.807) is 0 Å². The van der Waals surface area contributed by atoms with Crippen LogP contribution in [0, 0.1) is 0 Å². The van der Waals surface area contributed by atoms with Crippen LogP contribution >= 0.6 is 11.6 Å². The fourth-order valence-electron chi connectivity index (χ4n) is 0.938. The molecule has 1 aromatic rings. The molecule has 0 amide bonds. The lowest BCUT2D eigenvalue weighted by molar-refractivity contribution is 0.198. The van der Waals surface area contributed by atoms with E-state index in [4.69, 9.17) is 16.3 Å². The average Bonchev–Trinajstić information content (AvgIpc) is 2.27. The minimum Gasteiger partial charge on any atom is -0.473 e. The Morgan fingerprint density at radius 1 is 1.40 bits per heavy atom. The predicted molar refractivity (Wildman–Crippen MR) is 63.9 cm³/mol. The van der Waals surface area contributed by atoms with Gasteiger partial charge in [0.15, 0.2) is 0 Å². The molecule has 15 heavy (non-hydrogen) atoms. The van der Waals surface area contributed by atoms with Crippen molar-refractivity contribution in [3.8, 4) is 0 Å². The molecule has 0 aliphatic heterocycles. The van der Waals surface area contributed by atoms with Gasteiger partial charge in [0.2, 0.25) is 5.88 Å². The maximum absolute atomic E-state index is 5.63. The van der Waals surface area contributed by atoms with Gasteiger partial charge in [-0.3, -0.25) is 0 Å². The van der Waals surface area contributed by atoms with E-state index < -0.39 is 0 Å². The fourth-order valence-corrected chi connectivity index (χ4v) is 1.03. The second-order valence-electron chi connectivity index (χ2n) is 2.81. The Kier molecular flexibility index (Phi) is 4.64. The molecule has 0 aliphatic carbocycles. The summed E-state index contributed by atoms with van der Waals surface area (Å²) in [5.74, 6) is 0.281. The number of nitrogens with zero attached hydrogens (tertiary/aromatic N) is 1. The third-order valence-corrected chi connectivity index (χ3v) is 1.89. The Labute approximate surface area is 94.6 Å². The molecule has 0 spiro atoms. The van der Waals surface area contributed by atoms with E-state index >= 15 is 0 Å². The minimum atomic E-state index is 0.271. The van der Waals surface area contributed by atoms with Crippen LogP contribution < -0.4 is 0 Å². The smallest absolute Gasteiger partial charge is 0.207 e. The van der Waals surface area contributed by atoms with Crippen molar-refractivity contribution in [1.82, 2.24) is 0 Å². The van der Waals surface area contributed by atoms with Gasteiger partial charge in [0.05, 0.1) is 0 Å². The molecule has 1 aromatic carbocycles. The standard InChI is InChI=1S/C12H12ClNO/c1-3-12(13)14-10(2)15-9-11-7-5-4-6-8-11/h3-8H,1-2,9H2. The molecule has 2 nitrogen and oxygen atoms in total. The van der Waals surface area contributed by atoms with Gasteiger partial charge in [0.1, 0.15) is 11.8 Å². The third kappa shape index (κ3) is 4.47. The molecule has 0 saturated heterocycles. The molecule has 0 atom stereocenters. The molecule has 0 bridgehead atoms. The first kappa shape index (κ1) is 11.5. The van der Waals surface area contributed by atoms with Gasteiger partial charge in [-0.2, -0.15) is 0 Å². The van der Waals surface area contributed by atoms with Crippen LogP contribution in [-0.2, 0) is 11.3 Å². The Bertz CT molecular complexity index is 370. The SMILES string of the molecule is C=CC(Cl)=NC(=C)OCc1ccccc1. The Morgan fingerprint density at radius 2 is 2.07 bits per heavy atom. The number of hydrogen-bond acceptors (Lipinski definition) is 2. The average molecular weight is 222 g/mol. The number of ether oxygens (including phenoxy) is 1. The van der Waals surface area contributed by atoms with E-state index in [0.717, 1.165) is 5.56 Å². The van der Waals surface area contributed by atoms with Gasteiger partial charge in [-0.25, -0.2) is 4.99 Å². The molecule has 0 radical (unpaired) electrons. The largest absolute Gasteiger partial charge is 0.473 e. The number of aliphatic imine (C=N–C) groups is 1. The summed E-state index contributed by atoms with van der Waals surface area (Å²) in [5.41, 5.74) is 1.06. The van der Waals surface area contributed by atoms with E-state index in [0.29, 0.717) is 6.61 Å². The van der Waals surface area contributed by atoms with Crippen LogP contribution in [0.25, 0.3) is 0 Å². The van der Waals surface area contributed by atoms with Crippen molar-refractivity contribution in [1.29, 1.82) is 0 Å². The lowest BCUT2D eigenvalue weighted by Gasteiger charge is -2.04. The van der Waals surface area contributed by atoms with Gasteiger partial charge in [-0.15, -0.1) is 0 Å². The number of allylic oxidation sites excluding steroid dienone is 1. The summed E-state index contributed by atoms with van der Waals surface area (Å²) < 4.78 is 5.29. The fraction of sp³-hybridized carbons (Fsp3) is 0.0833. The van der Waals surface area contributed by atoms with Crippen molar-refractivity contribution in [2.75, 3.05) is 0 Å². The van der Waals surface area contributed by atoms with E-state index in [1.807, 2.05) is 30.3 Å². The number of hydrogen-bond donors (Lipinski definition) is 0. The first-order valence-corrected chi connectivity index (χ1v) is 4.82. The topological polar surface area (TPSA) is 21.6 Å². The molecule has 0 fully saturated rings. The van der Waals surface area contributed by atoms with Crippen LogP contribution in [0.3, 0.4) is 0 Å². The third-order valence-electron chi connectivity index (χ3n) is 1.65. The molecule has 0 aromatic heterocycles. The quantitative estimate of drug-likeness (QED) is 0.551. The van der Waals surface area contributed by atoms with Crippen LogP contribution in [0.1, 0.15) is 5.56 Å². The van der Waals surface area contributed by atoms with Crippen molar-refractivity contribution in [3.63, 3.8) is 0 Å². The summed E-state index contributed by atoms with van der Waals surface area (Å²) in [4.78, 5) is 3.86. The van der Waals surface area contributed by atoms with Crippen LogP contribution in [0.15, 0.2) is 60.4 Å². The highest BCUT2D eigenvalue weighted by atomic mass is 35.5. The van der Waals surface area contributed by atoms with E-state index in [2.05, 4.69) is 18.2 Å². The number of rotatable bonds is 5. The first-order chi connectivity index (χ1) is 7.22. The van der Waals surface area contributed by atoms with Crippen molar-refractivity contribution in [2.24, 2.45) is 4.99 Å². The zero-order valence-electron chi connectivity index (χ0n) is 8.32. The molecule has 0 aliphatic rings. The molecular formula is C12H12ClNO. The summed E-state index contributed by atoms with van der Waals surface area (Å²) in [5, 5.41) is 0.271. The molecule has 3 heteroatoms. The molecule has 0 heterocycles. The highest BCUT2D eigenvalue weighted by Crippen LogP contribution is 2.06. The number of halogens is 1. The first-order valence-electron chi connectivity index (χ1n) is 4.44. The second kappa shape index (κ2) is 6.04. The van der Waals surface area contributed by atoms with Crippen LogP contribution in [0.4, 0.5) is 0 Å². The van der Waals surface area contributed by atoms with E-state index in [1.165, 1.54) is 6.08 Å². The van der Waals surface area contributed by atoms with Gasteiger partial charge < -0.3 is 4.74 Å². The Morgan fingerprint density at radius 3 is 2.67 bits per heavy atom. The van der Waals surface area contributed by atoms with Crippen molar-refractivity contribution < 1.29 is 4.74 Å². The zero-order valence-corrected chi connectivity index (χ0v) is 9.07.